The molecule has 34 heavy (non-hydrogen) atoms. The number of rotatable bonds is 7. The van der Waals surface area contributed by atoms with Crippen molar-refractivity contribution in [2.75, 3.05) is 6.61 Å². The maximum Gasteiger partial charge on any atom is 0.416 e. The van der Waals surface area contributed by atoms with Crippen LogP contribution in [-0.2, 0) is 20.4 Å². The molecule has 2 aromatic carbocycles. The lowest BCUT2D eigenvalue weighted by molar-refractivity contribution is -0.142. The van der Waals surface area contributed by atoms with Gasteiger partial charge in [-0.3, -0.25) is 4.79 Å². The van der Waals surface area contributed by atoms with Gasteiger partial charge in [-0.1, -0.05) is 36.4 Å². The highest BCUT2D eigenvalue weighted by atomic mass is 19.4. The minimum Gasteiger partial charge on any atom is -0.491 e. The van der Waals surface area contributed by atoms with Crippen LogP contribution in [0.25, 0.3) is 0 Å². The summed E-state index contributed by atoms with van der Waals surface area (Å²) in [7, 11) is 0. The summed E-state index contributed by atoms with van der Waals surface area (Å²) in [4.78, 5) is 24.3. The molecule has 180 valence electrons. The van der Waals surface area contributed by atoms with Crippen molar-refractivity contribution in [2.45, 2.75) is 37.3 Å². The van der Waals surface area contributed by atoms with Gasteiger partial charge in [0, 0.05) is 18.3 Å². The van der Waals surface area contributed by atoms with Gasteiger partial charge < -0.3 is 19.3 Å². The fraction of sp³-hybridized carbons (Fsp3) is 0.360. The average Bonchev–Trinajstić information content (AvgIpc) is 3.31. The maximum absolute atomic E-state index is 12.8. The number of ether oxygens (including phenoxy) is 3. The summed E-state index contributed by atoms with van der Waals surface area (Å²) in [6.45, 7) is -0.275. The molecule has 2 aromatic rings. The van der Waals surface area contributed by atoms with Crippen LogP contribution < -0.4 is 4.74 Å². The molecular formula is C25H23F3O6. The first-order valence-corrected chi connectivity index (χ1v) is 10.8. The molecule has 0 radical (unpaired) electrons. The van der Waals surface area contributed by atoms with Crippen molar-refractivity contribution in [2.24, 2.45) is 11.8 Å². The molecule has 1 saturated carbocycles. The summed E-state index contributed by atoms with van der Waals surface area (Å²) in [6, 6.07) is 12.9. The summed E-state index contributed by atoms with van der Waals surface area (Å²) in [6.07, 6.45) is -2.93. The van der Waals surface area contributed by atoms with Crippen LogP contribution in [0, 0.1) is 11.8 Å². The highest BCUT2D eigenvalue weighted by Crippen LogP contribution is 2.43. The number of halogens is 3. The van der Waals surface area contributed by atoms with E-state index in [1.54, 1.807) is 36.4 Å². The molecule has 1 N–H and O–H groups in total. The van der Waals surface area contributed by atoms with Crippen molar-refractivity contribution in [1.29, 1.82) is 0 Å². The Morgan fingerprint density at radius 1 is 1.18 bits per heavy atom. The Kier molecular flexibility index (Phi) is 6.92. The second-order valence-electron chi connectivity index (χ2n) is 8.31. The van der Waals surface area contributed by atoms with Gasteiger partial charge in [-0.2, -0.15) is 13.2 Å². The van der Waals surface area contributed by atoms with Crippen molar-refractivity contribution >= 4 is 11.9 Å². The molecular weight excluding hydrogens is 453 g/mol. The van der Waals surface area contributed by atoms with Crippen molar-refractivity contribution < 1.29 is 42.1 Å². The number of carbonyl (C=O) groups excluding carboxylic acids is 2. The lowest BCUT2D eigenvalue weighted by Crippen LogP contribution is -2.25. The second-order valence-corrected chi connectivity index (χ2v) is 8.31. The molecule has 0 spiro atoms. The fourth-order valence-electron chi connectivity index (χ4n) is 4.33. The quantitative estimate of drug-likeness (QED) is 0.477. The van der Waals surface area contributed by atoms with Gasteiger partial charge in [0.2, 0.25) is 0 Å². The molecule has 6 nitrogen and oxygen atoms in total. The third-order valence-corrected chi connectivity index (χ3v) is 5.96. The van der Waals surface area contributed by atoms with Crippen molar-refractivity contribution in [1.82, 2.24) is 0 Å². The molecule has 4 rings (SSSR count). The molecule has 0 bridgehead atoms. The molecule has 2 aliphatic rings. The van der Waals surface area contributed by atoms with Crippen LogP contribution in [0.1, 0.15) is 28.8 Å². The maximum atomic E-state index is 12.8. The van der Waals surface area contributed by atoms with Gasteiger partial charge in [-0.25, -0.2) is 4.79 Å². The second kappa shape index (κ2) is 9.89. The number of benzene rings is 2. The minimum atomic E-state index is -4.50. The van der Waals surface area contributed by atoms with E-state index >= 15 is 0 Å². The molecule has 1 heterocycles. The van der Waals surface area contributed by atoms with Crippen LogP contribution in [0.5, 0.6) is 5.75 Å². The zero-order chi connectivity index (χ0) is 24.3. The predicted molar refractivity (Wildman–Crippen MR) is 114 cm³/mol. The van der Waals surface area contributed by atoms with Gasteiger partial charge in [0.15, 0.2) is 0 Å². The summed E-state index contributed by atoms with van der Waals surface area (Å²) in [5.41, 5.74) is -0.449. The zero-order valence-electron chi connectivity index (χ0n) is 18.0. The number of aliphatic hydroxyl groups is 1. The summed E-state index contributed by atoms with van der Waals surface area (Å²) in [5, 5.41) is 10.3. The number of esters is 2. The molecule has 0 amide bonds. The Hall–Kier alpha value is -3.33. The first-order chi connectivity index (χ1) is 16.2. The van der Waals surface area contributed by atoms with E-state index < -0.39 is 29.9 Å². The van der Waals surface area contributed by atoms with Gasteiger partial charge >= 0.3 is 18.1 Å². The van der Waals surface area contributed by atoms with Gasteiger partial charge in [0.25, 0.3) is 0 Å². The normalized spacial score (nSPS) is 25.1. The van der Waals surface area contributed by atoms with Gasteiger partial charge in [0.05, 0.1) is 17.5 Å². The first kappa shape index (κ1) is 23.8. The topological polar surface area (TPSA) is 82.1 Å². The smallest absolute Gasteiger partial charge is 0.416 e. The Labute approximate surface area is 193 Å². The van der Waals surface area contributed by atoms with Crippen LogP contribution in [0.3, 0.4) is 0 Å². The molecule has 1 aliphatic carbocycles. The minimum absolute atomic E-state index is 0.0207. The predicted octanol–water partition coefficient (Wildman–Crippen LogP) is 4.18. The Bertz CT molecular complexity index is 1050. The highest BCUT2D eigenvalue weighted by Gasteiger charge is 2.50. The molecule has 9 heteroatoms. The number of carbonyl (C=O) groups is 2. The van der Waals surface area contributed by atoms with E-state index in [2.05, 4.69) is 0 Å². The van der Waals surface area contributed by atoms with E-state index in [0.717, 1.165) is 12.1 Å². The lowest BCUT2D eigenvalue weighted by atomic mass is 9.91. The highest BCUT2D eigenvalue weighted by molar-refractivity contribution is 5.89. The van der Waals surface area contributed by atoms with Crippen LogP contribution >= 0.6 is 0 Å². The zero-order valence-corrected chi connectivity index (χ0v) is 18.0. The SMILES string of the molecule is O=C1C[C@H]2C(CC(OC(=O)c3ccccc3)[C@@H]2/C=C/C(O)COc2cccc(C(F)(F)F)c2)O1. The van der Waals surface area contributed by atoms with Crippen molar-refractivity contribution in [3.05, 3.63) is 77.9 Å². The first-order valence-electron chi connectivity index (χ1n) is 10.8. The van der Waals surface area contributed by atoms with Gasteiger partial charge in [-0.15, -0.1) is 0 Å². The summed E-state index contributed by atoms with van der Waals surface area (Å²) in [5.74, 6) is -1.41. The van der Waals surface area contributed by atoms with Gasteiger partial charge in [-0.05, 0) is 30.3 Å². The Morgan fingerprint density at radius 3 is 2.68 bits per heavy atom. The average molecular weight is 476 g/mol. The number of alkyl halides is 3. The fourth-order valence-corrected chi connectivity index (χ4v) is 4.33. The van der Waals surface area contributed by atoms with Crippen molar-refractivity contribution in [3.63, 3.8) is 0 Å². The number of fused-ring (bicyclic) bond motifs is 1. The van der Waals surface area contributed by atoms with Crippen LogP contribution in [0.4, 0.5) is 13.2 Å². The summed E-state index contributed by atoms with van der Waals surface area (Å²) >= 11 is 0. The van der Waals surface area contributed by atoms with E-state index in [-0.39, 0.29) is 42.7 Å². The van der Waals surface area contributed by atoms with E-state index in [0.29, 0.717) is 12.0 Å². The van der Waals surface area contributed by atoms with Crippen LogP contribution in [-0.4, -0.2) is 42.0 Å². The molecule has 2 fully saturated rings. The Morgan fingerprint density at radius 2 is 1.94 bits per heavy atom. The molecule has 5 atom stereocenters. The van der Waals surface area contributed by atoms with E-state index in [1.807, 2.05) is 0 Å². The van der Waals surface area contributed by atoms with Crippen molar-refractivity contribution in [3.8, 4) is 5.75 Å². The molecule has 1 saturated heterocycles. The monoisotopic (exact) mass is 476 g/mol. The number of aliphatic hydroxyl groups excluding tert-OH is 1. The number of hydrogen-bond donors (Lipinski definition) is 1. The molecule has 3 unspecified atom stereocenters. The van der Waals surface area contributed by atoms with Crippen LogP contribution in [0.15, 0.2) is 66.7 Å². The molecule has 1 aliphatic heterocycles. The standard InChI is InChI=1S/C25H23F3O6/c26-25(27,28)16-7-4-8-18(11-16)32-14-17(29)9-10-19-20-12-23(30)33-22(20)13-21(19)34-24(31)15-5-2-1-3-6-15/h1-11,17,19-22,29H,12-14H2/b10-9+/t17?,19-,20-,21?,22?/m1/s1. The third kappa shape index (κ3) is 5.59. The lowest BCUT2D eigenvalue weighted by Gasteiger charge is -2.20. The largest absolute Gasteiger partial charge is 0.491 e. The van der Waals surface area contributed by atoms with E-state index in [1.165, 1.54) is 18.2 Å². The van der Waals surface area contributed by atoms with E-state index in [9.17, 15) is 27.9 Å². The Balaban J connectivity index is 1.40. The third-order valence-electron chi connectivity index (χ3n) is 5.96. The van der Waals surface area contributed by atoms with Crippen LogP contribution in [0.2, 0.25) is 0 Å². The van der Waals surface area contributed by atoms with Gasteiger partial charge in [0.1, 0.15) is 30.7 Å². The van der Waals surface area contributed by atoms with E-state index in [4.69, 9.17) is 14.2 Å². The molecule has 0 aromatic heterocycles. The summed E-state index contributed by atoms with van der Waals surface area (Å²) < 4.78 is 54.9. The number of hydrogen-bond acceptors (Lipinski definition) is 6.